The Kier molecular flexibility index (Phi) is 156. The fourth-order valence-corrected chi connectivity index (χ4v) is 0. The van der Waals surface area contributed by atoms with Crippen LogP contribution in [0.15, 0.2) is 0 Å². The number of hydrogen-bond donors (Lipinski definition) is 0. The second kappa shape index (κ2) is 18.6. The molecule has 0 aromatic heterocycles. The molecule has 0 atom stereocenters. The van der Waals surface area contributed by atoms with Crippen molar-refractivity contribution in [2.24, 2.45) is 0 Å². The molecular formula is CuSeZn2. The number of rotatable bonds is 0. The third-order valence-corrected chi connectivity index (χ3v) is 0. The molecule has 0 spiro atoms. The molecule has 0 aromatic rings. The van der Waals surface area contributed by atoms with Crippen LogP contribution in [-0.4, -0.2) is 17.1 Å². The maximum atomic E-state index is 0. The van der Waals surface area contributed by atoms with E-state index in [0.717, 1.165) is 0 Å². The van der Waals surface area contributed by atoms with Crippen molar-refractivity contribution in [3.63, 3.8) is 0 Å². The van der Waals surface area contributed by atoms with E-state index in [2.05, 4.69) is 0 Å². The van der Waals surface area contributed by atoms with Crippen LogP contribution in [-0.2, 0) is 56.0 Å². The van der Waals surface area contributed by atoms with Gasteiger partial charge in [-0.15, -0.1) is 0 Å². The minimum absolute atomic E-state index is 0. The van der Waals surface area contributed by atoms with Gasteiger partial charge < -0.3 is 0 Å². The van der Waals surface area contributed by atoms with Crippen molar-refractivity contribution in [3.8, 4) is 0 Å². The molecule has 0 bridgehead atoms. The molecule has 4 heteroatoms. The molecule has 4 heavy (non-hydrogen) atoms. The summed E-state index contributed by atoms with van der Waals surface area (Å²) in [6.07, 6.45) is 0. The first kappa shape index (κ1) is 33.6. The molecule has 0 heterocycles. The molecule has 0 nitrogen and oxygen atoms in total. The van der Waals surface area contributed by atoms with Crippen molar-refractivity contribution in [2.75, 3.05) is 0 Å². The fourth-order valence-electron chi connectivity index (χ4n) is 0. The van der Waals surface area contributed by atoms with Gasteiger partial charge in [0.25, 0.3) is 0 Å². The van der Waals surface area contributed by atoms with Crippen LogP contribution in [0, 0.1) is 0 Å². The molecule has 0 N–H and O–H groups in total. The summed E-state index contributed by atoms with van der Waals surface area (Å²) < 4.78 is 0. The Morgan fingerprint density at radius 2 is 0.750 bits per heavy atom. The van der Waals surface area contributed by atoms with Gasteiger partial charge in [0.05, 0.1) is 0 Å². The molecule has 0 saturated heterocycles. The van der Waals surface area contributed by atoms with Crippen LogP contribution in [0.5, 0.6) is 0 Å². The van der Waals surface area contributed by atoms with Crippen LogP contribution < -0.4 is 0 Å². The van der Waals surface area contributed by atoms with E-state index in [4.69, 9.17) is 0 Å². The molecule has 3 radical (unpaired) electrons. The van der Waals surface area contributed by atoms with Crippen molar-refractivity contribution in [1.82, 2.24) is 0 Å². The zero-order chi connectivity index (χ0) is 0. The molecule has 0 amide bonds. The Morgan fingerprint density at radius 1 is 0.750 bits per heavy atom. The Bertz CT molecular complexity index is 6.00. The van der Waals surface area contributed by atoms with Crippen molar-refractivity contribution >= 4 is 17.1 Å². The first-order valence-electron chi connectivity index (χ1n) is 0. The predicted octanol–water partition coefficient (Wildman–Crippen LogP) is -0.388. The van der Waals surface area contributed by atoms with Crippen LogP contribution in [0.25, 0.3) is 0 Å². The van der Waals surface area contributed by atoms with Gasteiger partial charge in [0, 0.05) is 73.1 Å². The van der Waals surface area contributed by atoms with E-state index in [1.165, 1.54) is 0 Å². The predicted molar refractivity (Wildman–Crippen MR) is 5.75 cm³/mol. The first-order valence-corrected chi connectivity index (χ1v) is 0. The second-order valence-corrected chi connectivity index (χ2v) is 0. The molecular weight excluding hydrogens is 273 g/mol. The maximum absolute atomic E-state index is 0. The molecule has 0 saturated carbocycles. The Morgan fingerprint density at radius 3 is 0.750 bits per heavy atom. The normalized spacial score (nSPS) is 0. The summed E-state index contributed by atoms with van der Waals surface area (Å²) in [5, 5.41) is 0. The zero-order valence-electron chi connectivity index (χ0n) is 2.12. The van der Waals surface area contributed by atoms with Crippen molar-refractivity contribution < 1.29 is 56.0 Å². The van der Waals surface area contributed by atoms with E-state index >= 15 is 0 Å². The van der Waals surface area contributed by atoms with Crippen molar-refractivity contribution in [2.45, 2.75) is 0 Å². The Labute approximate surface area is 72.3 Å². The Balaban J connectivity index is 0. The van der Waals surface area contributed by atoms with E-state index < -0.39 is 0 Å². The van der Waals surface area contributed by atoms with Crippen LogP contribution in [0.3, 0.4) is 0 Å². The fraction of sp³-hybridized carbons (Fsp3) is 0. The van der Waals surface area contributed by atoms with Gasteiger partial charge in [-0.25, -0.2) is 0 Å². The van der Waals surface area contributed by atoms with Crippen LogP contribution in [0.2, 0.25) is 0 Å². The largest absolute Gasteiger partial charge is 0 e. The summed E-state index contributed by atoms with van der Waals surface area (Å²) >= 11 is 0. The maximum Gasteiger partial charge on any atom is 0 e. The van der Waals surface area contributed by atoms with E-state index in [1.807, 2.05) is 0 Å². The van der Waals surface area contributed by atoms with Crippen molar-refractivity contribution in [1.29, 1.82) is 0 Å². The summed E-state index contributed by atoms with van der Waals surface area (Å²) in [5.74, 6) is 0. The van der Waals surface area contributed by atoms with E-state index in [1.54, 1.807) is 0 Å². The molecule has 0 rings (SSSR count). The monoisotopic (exact) mass is 271 g/mol. The quantitative estimate of drug-likeness (QED) is 0.528. The van der Waals surface area contributed by atoms with Gasteiger partial charge in [-0.05, 0) is 0 Å². The summed E-state index contributed by atoms with van der Waals surface area (Å²) in [6.45, 7) is 0. The van der Waals surface area contributed by atoms with E-state index in [-0.39, 0.29) is 73.1 Å². The van der Waals surface area contributed by atoms with Gasteiger partial charge >= 0.3 is 0 Å². The topological polar surface area (TPSA) is 0 Å². The minimum atomic E-state index is 0. The first-order chi connectivity index (χ1) is 0. The number of hydrogen-bond acceptors (Lipinski definition) is 0. The molecule has 0 aliphatic heterocycles. The minimum Gasteiger partial charge on any atom is 0 e. The molecule has 21 valence electrons. The van der Waals surface area contributed by atoms with Gasteiger partial charge in [-0.3, -0.25) is 0 Å². The van der Waals surface area contributed by atoms with E-state index in [0.29, 0.717) is 0 Å². The molecule has 0 aliphatic carbocycles. The van der Waals surface area contributed by atoms with E-state index in [9.17, 15) is 0 Å². The average Bonchev–Trinajstić information content (AvgIpc) is 0. The standard InChI is InChI=1S/Cu.Se.2Zn. The summed E-state index contributed by atoms with van der Waals surface area (Å²) in [4.78, 5) is 0. The van der Waals surface area contributed by atoms with Crippen molar-refractivity contribution in [3.05, 3.63) is 0 Å². The SMILES string of the molecule is [Cu].[Se].[Zn].[Zn]. The molecule has 0 aromatic carbocycles. The zero-order valence-corrected chi connectivity index (χ0v) is 10.7. The smallest absolute Gasteiger partial charge is 0 e. The molecule has 0 aliphatic rings. The summed E-state index contributed by atoms with van der Waals surface area (Å²) in [5.41, 5.74) is 0. The summed E-state index contributed by atoms with van der Waals surface area (Å²) in [6, 6.07) is 0. The molecule has 0 fully saturated rings. The van der Waals surface area contributed by atoms with Crippen LogP contribution in [0.1, 0.15) is 0 Å². The Hall–Kier alpha value is 2.29. The van der Waals surface area contributed by atoms with Gasteiger partial charge in [0.15, 0.2) is 0 Å². The van der Waals surface area contributed by atoms with Gasteiger partial charge in [-0.2, -0.15) is 0 Å². The van der Waals surface area contributed by atoms with Gasteiger partial charge in [-0.1, -0.05) is 0 Å². The third-order valence-electron chi connectivity index (χ3n) is 0. The van der Waals surface area contributed by atoms with Crippen LogP contribution >= 0.6 is 0 Å². The van der Waals surface area contributed by atoms with Crippen LogP contribution in [0.4, 0.5) is 0 Å². The second-order valence-electron chi connectivity index (χ2n) is 0. The van der Waals surface area contributed by atoms with Gasteiger partial charge in [0.1, 0.15) is 0 Å². The molecule has 0 unspecified atom stereocenters. The summed E-state index contributed by atoms with van der Waals surface area (Å²) in [7, 11) is 0. The third kappa shape index (κ3) is 8.86. The van der Waals surface area contributed by atoms with Gasteiger partial charge in [0.2, 0.25) is 0 Å². The average molecular weight is 273 g/mol.